The first-order valence-corrected chi connectivity index (χ1v) is 5.83. The lowest BCUT2D eigenvalue weighted by atomic mass is 10.3. The number of pyridine rings is 1. The van der Waals surface area contributed by atoms with Crippen LogP contribution in [0.2, 0.25) is 0 Å². The van der Waals surface area contributed by atoms with Gasteiger partial charge in [-0.1, -0.05) is 18.8 Å². The summed E-state index contributed by atoms with van der Waals surface area (Å²) in [6, 6.07) is 1.84. The van der Waals surface area contributed by atoms with Gasteiger partial charge in [0.15, 0.2) is 17.7 Å². The highest BCUT2D eigenvalue weighted by molar-refractivity contribution is 7.16. The van der Waals surface area contributed by atoms with Gasteiger partial charge in [0.2, 0.25) is 0 Å². The molecule has 0 aliphatic heterocycles. The van der Waals surface area contributed by atoms with Crippen LogP contribution in [-0.4, -0.2) is 22.5 Å². The van der Waals surface area contributed by atoms with Crippen LogP contribution in [0.25, 0.3) is 0 Å². The molecule has 2 aromatic rings. The van der Waals surface area contributed by atoms with Crippen LogP contribution in [0.5, 0.6) is 0 Å². The number of nitrogens with zero attached hydrogens (tertiary/aromatic N) is 2. The molecular formula is C12H12F3N3O2S. The molecule has 2 heterocycles. The van der Waals surface area contributed by atoms with E-state index < -0.39 is 11.9 Å². The van der Waals surface area contributed by atoms with Crippen molar-refractivity contribution in [3.63, 3.8) is 0 Å². The van der Waals surface area contributed by atoms with Gasteiger partial charge in [-0.05, 0) is 12.1 Å². The minimum absolute atomic E-state index is 0. The van der Waals surface area contributed by atoms with Crippen molar-refractivity contribution in [2.24, 2.45) is 0 Å². The van der Waals surface area contributed by atoms with E-state index in [1.54, 1.807) is 0 Å². The Kier molecular flexibility index (Phi) is 7.22. The fourth-order valence-corrected chi connectivity index (χ4v) is 1.50. The zero-order chi connectivity index (χ0) is 15.2. The van der Waals surface area contributed by atoms with Crippen LogP contribution in [-0.2, 0) is 6.18 Å². The molecule has 0 aliphatic rings. The Balaban J connectivity index is 0.000000390. The van der Waals surface area contributed by atoms with E-state index in [1.165, 1.54) is 17.5 Å². The van der Waals surface area contributed by atoms with Crippen molar-refractivity contribution in [3.8, 4) is 0 Å². The minimum Gasteiger partial charge on any atom is -0.375 e. The third kappa shape index (κ3) is 6.13. The molecule has 0 radical (unpaired) electrons. The Bertz CT molecular complexity index is 582. The van der Waals surface area contributed by atoms with Crippen molar-refractivity contribution in [2.75, 3.05) is 5.73 Å². The molecular weight excluding hydrogens is 307 g/mol. The molecule has 2 aromatic heterocycles. The summed E-state index contributed by atoms with van der Waals surface area (Å²) < 4.78 is 35.6. The Labute approximate surface area is 122 Å². The third-order valence-electron chi connectivity index (χ3n) is 1.87. The molecule has 21 heavy (non-hydrogen) atoms. The lowest BCUT2D eigenvalue weighted by molar-refractivity contribution is -0.141. The van der Waals surface area contributed by atoms with E-state index in [-0.39, 0.29) is 13.0 Å². The molecule has 2 rings (SSSR count). The molecule has 0 spiro atoms. The molecule has 0 saturated heterocycles. The number of thiazole rings is 1. The fraction of sp³-hybridized carbons (Fsp3) is 0.167. The van der Waals surface area contributed by atoms with Crippen molar-refractivity contribution >= 4 is 29.0 Å². The molecule has 9 heteroatoms. The largest absolute Gasteiger partial charge is 0.433 e. The van der Waals surface area contributed by atoms with Crippen molar-refractivity contribution in [1.82, 2.24) is 9.97 Å². The first-order valence-electron chi connectivity index (χ1n) is 5.01. The van der Waals surface area contributed by atoms with Gasteiger partial charge in [0.05, 0.1) is 11.1 Å². The number of hydrogen-bond acceptors (Lipinski definition) is 6. The van der Waals surface area contributed by atoms with Crippen LogP contribution in [0, 0.1) is 0 Å². The van der Waals surface area contributed by atoms with E-state index in [9.17, 15) is 22.8 Å². The quantitative estimate of drug-likeness (QED) is 0.860. The highest BCUT2D eigenvalue weighted by atomic mass is 32.1. The molecule has 0 bridgehead atoms. The molecule has 0 atom stereocenters. The number of hydrogen-bond donors (Lipinski definition) is 1. The minimum atomic E-state index is -4.44. The summed E-state index contributed by atoms with van der Waals surface area (Å²) in [6.45, 7) is 0. The van der Waals surface area contributed by atoms with Gasteiger partial charge in [0.1, 0.15) is 5.69 Å². The van der Waals surface area contributed by atoms with Crippen LogP contribution < -0.4 is 5.73 Å². The highest BCUT2D eigenvalue weighted by Gasteiger charge is 2.31. The highest BCUT2D eigenvalue weighted by Crippen LogP contribution is 2.26. The smallest absolute Gasteiger partial charge is 0.375 e. The van der Waals surface area contributed by atoms with Crippen LogP contribution in [0.1, 0.15) is 33.2 Å². The molecule has 0 fully saturated rings. The summed E-state index contributed by atoms with van der Waals surface area (Å²) in [5.41, 5.74) is 4.34. The monoisotopic (exact) mass is 319 g/mol. The lowest BCUT2D eigenvalue weighted by Gasteiger charge is -2.03. The van der Waals surface area contributed by atoms with Gasteiger partial charge in [-0.3, -0.25) is 14.6 Å². The molecule has 0 unspecified atom stereocenters. The Morgan fingerprint density at radius 2 is 1.76 bits per heavy atom. The van der Waals surface area contributed by atoms with Gasteiger partial charge in [-0.2, -0.15) is 13.2 Å². The zero-order valence-corrected chi connectivity index (χ0v) is 10.6. The maximum Gasteiger partial charge on any atom is 0.433 e. The molecule has 2 N–H and O–H groups in total. The van der Waals surface area contributed by atoms with Crippen LogP contribution in [0.15, 0.2) is 24.5 Å². The second-order valence-electron chi connectivity index (χ2n) is 3.31. The summed E-state index contributed by atoms with van der Waals surface area (Å²) in [6.07, 6.45) is -0.939. The average Bonchev–Trinajstić information content (AvgIpc) is 2.84. The lowest BCUT2D eigenvalue weighted by Crippen LogP contribution is -2.07. The predicted octanol–water partition coefficient (Wildman–Crippen LogP) is 3.09. The van der Waals surface area contributed by atoms with Crippen molar-refractivity contribution in [3.05, 3.63) is 40.7 Å². The van der Waals surface area contributed by atoms with Crippen molar-refractivity contribution in [1.29, 1.82) is 0 Å². The number of aldehydes is 2. The fourth-order valence-electron chi connectivity index (χ4n) is 0.998. The summed E-state index contributed by atoms with van der Waals surface area (Å²) in [5.74, 6) is 0. The molecule has 0 amide bonds. The SMILES string of the molecule is C.Nc1ncc(C=O)s1.O=Cc1ccc(C(F)(F)F)nc1. The molecule has 114 valence electrons. The van der Waals surface area contributed by atoms with Crippen LogP contribution in [0.3, 0.4) is 0 Å². The van der Waals surface area contributed by atoms with E-state index in [1.807, 2.05) is 0 Å². The van der Waals surface area contributed by atoms with E-state index in [2.05, 4.69) is 9.97 Å². The van der Waals surface area contributed by atoms with E-state index >= 15 is 0 Å². The average molecular weight is 319 g/mol. The summed E-state index contributed by atoms with van der Waals surface area (Å²) in [4.78, 5) is 27.3. The van der Waals surface area contributed by atoms with Crippen molar-refractivity contribution < 1.29 is 22.8 Å². The maximum atomic E-state index is 11.9. The number of carbonyl (C=O) groups excluding carboxylic acids is 2. The summed E-state index contributed by atoms with van der Waals surface area (Å²) >= 11 is 1.19. The number of nitrogens with two attached hydrogens (primary N) is 1. The predicted molar refractivity (Wildman–Crippen MR) is 73.3 cm³/mol. The van der Waals surface area contributed by atoms with Gasteiger partial charge in [-0.15, -0.1) is 0 Å². The Hall–Kier alpha value is -2.29. The van der Waals surface area contributed by atoms with Gasteiger partial charge >= 0.3 is 6.18 Å². The number of aromatic nitrogens is 2. The summed E-state index contributed by atoms with van der Waals surface area (Å²) in [7, 11) is 0. The van der Waals surface area contributed by atoms with Crippen molar-refractivity contribution in [2.45, 2.75) is 13.6 Å². The van der Waals surface area contributed by atoms with Gasteiger partial charge < -0.3 is 5.73 Å². The Morgan fingerprint density at radius 1 is 1.10 bits per heavy atom. The number of nitrogen functional groups attached to an aromatic ring is 1. The van der Waals surface area contributed by atoms with Gasteiger partial charge in [0.25, 0.3) is 0 Å². The second kappa shape index (κ2) is 8.10. The first-order chi connectivity index (χ1) is 9.36. The molecule has 0 aliphatic carbocycles. The number of rotatable bonds is 2. The standard InChI is InChI=1S/C7H4F3NO.C4H4N2OS.CH4/c8-7(9,10)6-2-1-5(4-12)3-11-6;5-4-6-1-3(2-7)8-4;/h1-4H;1-2H,(H2,5,6);1H4. The number of halogens is 3. The molecule has 5 nitrogen and oxygen atoms in total. The topological polar surface area (TPSA) is 85.9 Å². The maximum absolute atomic E-state index is 11.9. The van der Waals surface area contributed by atoms with Gasteiger partial charge in [0, 0.05) is 11.8 Å². The number of carbonyl (C=O) groups is 2. The third-order valence-corrected chi connectivity index (χ3v) is 2.62. The van der Waals surface area contributed by atoms with E-state index in [0.29, 0.717) is 16.3 Å². The number of alkyl halides is 3. The Morgan fingerprint density at radius 3 is 2.05 bits per heavy atom. The molecule has 0 aromatic carbocycles. The second-order valence-corrected chi connectivity index (χ2v) is 4.40. The van der Waals surface area contributed by atoms with Crippen LogP contribution >= 0.6 is 11.3 Å². The van der Waals surface area contributed by atoms with E-state index in [4.69, 9.17) is 5.73 Å². The molecule has 0 saturated carbocycles. The normalized spacial score (nSPS) is 9.86. The zero-order valence-electron chi connectivity index (χ0n) is 9.79. The summed E-state index contributed by atoms with van der Waals surface area (Å²) in [5, 5.41) is 0.437. The van der Waals surface area contributed by atoms with E-state index in [0.717, 1.165) is 24.6 Å². The first kappa shape index (κ1) is 18.7. The number of anilines is 1. The van der Waals surface area contributed by atoms with Crippen LogP contribution in [0.4, 0.5) is 18.3 Å². The van der Waals surface area contributed by atoms with Gasteiger partial charge in [-0.25, -0.2) is 4.98 Å².